The summed E-state index contributed by atoms with van der Waals surface area (Å²) in [6, 6.07) is 8.21. The molecule has 0 aliphatic carbocycles. The predicted octanol–water partition coefficient (Wildman–Crippen LogP) is 2.43. The van der Waals surface area contributed by atoms with Crippen molar-refractivity contribution in [3.05, 3.63) is 29.8 Å². The van der Waals surface area contributed by atoms with Crippen molar-refractivity contribution in [2.24, 2.45) is 10.9 Å². The Kier molecular flexibility index (Phi) is 2.24. The van der Waals surface area contributed by atoms with Crippen LogP contribution in [0.4, 0.5) is 0 Å². The predicted molar refractivity (Wildman–Crippen MR) is 67.3 cm³/mol. The number of rotatable bonds is 0. The molecule has 0 fully saturated rings. The molecule has 2 heterocycles. The third kappa shape index (κ3) is 1.45. The highest BCUT2D eigenvalue weighted by molar-refractivity contribution is 8.14. The third-order valence-electron chi connectivity index (χ3n) is 2.88. The molecule has 0 aromatic heterocycles. The van der Waals surface area contributed by atoms with Gasteiger partial charge >= 0.3 is 0 Å². The van der Waals surface area contributed by atoms with Crippen molar-refractivity contribution in [3.63, 3.8) is 0 Å². The van der Waals surface area contributed by atoms with E-state index in [2.05, 4.69) is 24.0 Å². The molecule has 0 amide bonds. The monoisotopic (exact) mass is 231 g/mol. The molecule has 82 valence electrons. The zero-order chi connectivity index (χ0) is 11.1. The topological polar surface area (TPSA) is 39.5 Å². The lowest BCUT2D eigenvalue weighted by Crippen LogP contribution is -2.44. The number of fused-ring (bicyclic) bond motifs is 3. The SMILES string of the molecule is CC1CN=C2c3ccccc3SC(=N)N2C1. The summed E-state index contributed by atoms with van der Waals surface area (Å²) in [4.78, 5) is 7.79. The molecule has 0 saturated carbocycles. The maximum atomic E-state index is 8.04. The summed E-state index contributed by atoms with van der Waals surface area (Å²) in [5, 5.41) is 8.64. The fourth-order valence-corrected chi connectivity index (χ4v) is 2.99. The van der Waals surface area contributed by atoms with Crippen LogP contribution in [0.1, 0.15) is 12.5 Å². The van der Waals surface area contributed by atoms with Gasteiger partial charge in [0.2, 0.25) is 0 Å². The fourth-order valence-electron chi connectivity index (χ4n) is 2.09. The maximum absolute atomic E-state index is 8.04. The van der Waals surface area contributed by atoms with Crippen LogP contribution in [0, 0.1) is 11.3 Å². The second-order valence-corrected chi connectivity index (χ2v) is 5.31. The number of amidine groups is 2. The molecule has 1 unspecified atom stereocenters. The van der Waals surface area contributed by atoms with Gasteiger partial charge in [-0.15, -0.1) is 0 Å². The summed E-state index contributed by atoms with van der Waals surface area (Å²) in [5.74, 6) is 1.52. The summed E-state index contributed by atoms with van der Waals surface area (Å²) in [5.41, 5.74) is 1.18. The van der Waals surface area contributed by atoms with Crippen LogP contribution in [-0.4, -0.2) is 29.0 Å². The number of hydrogen-bond donors (Lipinski definition) is 1. The van der Waals surface area contributed by atoms with Gasteiger partial charge in [0, 0.05) is 23.5 Å². The average molecular weight is 231 g/mol. The van der Waals surface area contributed by atoms with Crippen molar-refractivity contribution in [1.29, 1.82) is 5.41 Å². The molecule has 2 aliphatic heterocycles. The molecule has 0 spiro atoms. The molecule has 1 aromatic carbocycles. The van der Waals surface area contributed by atoms with Crippen molar-refractivity contribution in [1.82, 2.24) is 4.90 Å². The lowest BCUT2D eigenvalue weighted by Gasteiger charge is -2.36. The zero-order valence-corrected chi connectivity index (χ0v) is 9.92. The van der Waals surface area contributed by atoms with Crippen molar-refractivity contribution in [3.8, 4) is 0 Å². The molecule has 1 atom stereocenters. The summed E-state index contributed by atoms with van der Waals surface area (Å²) < 4.78 is 0. The Hall–Kier alpha value is -1.29. The van der Waals surface area contributed by atoms with Gasteiger partial charge in [-0.2, -0.15) is 0 Å². The number of thioether (sulfide) groups is 1. The van der Waals surface area contributed by atoms with Crippen LogP contribution in [0.25, 0.3) is 0 Å². The van der Waals surface area contributed by atoms with Gasteiger partial charge in [0.05, 0.1) is 0 Å². The van der Waals surface area contributed by atoms with E-state index in [0.29, 0.717) is 11.1 Å². The molecule has 4 heteroatoms. The Morgan fingerprint density at radius 3 is 3.12 bits per heavy atom. The number of benzene rings is 1. The van der Waals surface area contributed by atoms with E-state index in [4.69, 9.17) is 5.41 Å². The minimum Gasteiger partial charge on any atom is -0.305 e. The molecular formula is C12H13N3S. The molecule has 0 radical (unpaired) electrons. The highest BCUT2D eigenvalue weighted by Gasteiger charge is 2.30. The van der Waals surface area contributed by atoms with Gasteiger partial charge in [-0.25, -0.2) is 0 Å². The van der Waals surface area contributed by atoms with E-state index in [-0.39, 0.29) is 0 Å². The number of nitrogens with one attached hydrogen (secondary N) is 1. The van der Waals surface area contributed by atoms with Crippen molar-refractivity contribution < 1.29 is 0 Å². The first-order valence-electron chi connectivity index (χ1n) is 5.43. The van der Waals surface area contributed by atoms with Gasteiger partial charge < -0.3 is 4.90 Å². The molecule has 0 bridgehead atoms. The van der Waals surface area contributed by atoms with E-state index in [9.17, 15) is 0 Å². The number of nitrogens with zero attached hydrogens (tertiary/aromatic N) is 2. The summed E-state index contributed by atoms with van der Waals surface area (Å²) in [6.07, 6.45) is 0. The van der Waals surface area contributed by atoms with Gasteiger partial charge in [-0.3, -0.25) is 10.4 Å². The van der Waals surface area contributed by atoms with Crippen molar-refractivity contribution >= 4 is 22.8 Å². The first kappa shape index (κ1) is 9.90. The van der Waals surface area contributed by atoms with E-state index >= 15 is 0 Å². The molecule has 1 aromatic rings. The van der Waals surface area contributed by atoms with Crippen molar-refractivity contribution in [2.75, 3.05) is 13.1 Å². The van der Waals surface area contributed by atoms with Crippen LogP contribution in [0.3, 0.4) is 0 Å². The van der Waals surface area contributed by atoms with E-state index < -0.39 is 0 Å². The summed E-state index contributed by atoms with van der Waals surface area (Å²) in [6.45, 7) is 3.97. The van der Waals surface area contributed by atoms with Gasteiger partial charge in [-0.1, -0.05) is 36.9 Å². The van der Waals surface area contributed by atoms with Gasteiger partial charge in [-0.05, 0) is 12.0 Å². The second kappa shape index (κ2) is 3.63. The lowest BCUT2D eigenvalue weighted by molar-refractivity contribution is 0.441. The molecule has 0 saturated heterocycles. The normalized spacial score (nSPS) is 23.6. The van der Waals surface area contributed by atoms with Crippen LogP contribution in [0.5, 0.6) is 0 Å². The molecule has 2 aliphatic rings. The smallest absolute Gasteiger partial charge is 0.166 e. The van der Waals surface area contributed by atoms with Gasteiger partial charge in [0.1, 0.15) is 5.84 Å². The largest absolute Gasteiger partial charge is 0.305 e. The fraction of sp³-hybridized carbons (Fsp3) is 0.333. The average Bonchev–Trinajstić information content (AvgIpc) is 2.29. The zero-order valence-electron chi connectivity index (χ0n) is 9.10. The molecule has 3 rings (SSSR count). The van der Waals surface area contributed by atoms with Crippen LogP contribution < -0.4 is 0 Å². The van der Waals surface area contributed by atoms with Gasteiger partial charge in [0.25, 0.3) is 0 Å². The van der Waals surface area contributed by atoms with Crippen LogP contribution >= 0.6 is 11.8 Å². The summed E-state index contributed by atoms with van der Waals surface area (Å²) in [7, 11) is 0. The molecular weight excluding hydrogens is 218 g/mol. The first-order chi connectivity index (χ1) is 7.75. The maximum Gasteiger partial charge on any atom is 0.166 e. The number of hydrogen-bond acceptors (Lipinski definition) is 3. The molecule has 3 nitrogen and oxygen atoms in total. The first-order valence-corrected chi connectivity index (χ1v) is 6.25. The van der Waals surface area contributed by atoms with Crippen LogP contribution in [-0.2, 0) is 0 Å². The Morgan fingerprint density at radius 1 is 1.44 bits per heavy atom. The Morgan fingerprint density at radius 2 is 2.25 bits per heavy atom. The second-order valence-electron chi connectivity index (χ2n) is 4.28. The Bertz CT molecular complexity index is 481. The lowest BCUT2D eigenvalue weighted by atomic mass is 10.1. The number of aliphatic imine (C=N–C) groups is 1. The highest BCUT2D eigenvalue weighted by atomic mass is 32.2. The van der Waals surface area contributed by atoms with Gasteiger partial charge in [0.15, 0.2) is 5.17 Å². The van der Waals surface area contributed by atoms with E-state index in [1.165, 1.54) is 17.3 Å². The van der Waals surface area contributed by atoms with E-state index in [1.54, 1.807) is 0 Å². The van der Waals surface area contributed by atoms with Crippen LogP contribution in [0.15, 0.2) is 34.2 Å². The Balaban J connectivity index is 2.13. The quantitative estimate of drug-likeness (QED) is 0.745. The van der Waals surface area contributed by atoms with Crippen molar-refractivity contribution in [2.45, 2.75) is 11.8 Å². The Labute approximate surface area is 99.1 Å². The molecule has 1 N–H and O–H groups in total. The minimum atomic E-state index is 0.537. The summed E-state index contributed by atoms with van der Waals surface area (Å²) >= 11 is 1.53. The highest BCUT2D eigenvalue weighted by Crippen LogP contribution is 2.33. The standard InChI is InChI=1S/C12H13N3S/c1-8-6-14-11-9-4-2-3-5-10(9)16-12(13)15(11)7-8/h2-5,8,13H,6-7H2,1H3. The van der Waals surface area contributed by atoms with Crippen LogP contribution in [0.2, 0.25) is 0 Å². The molecule has 16 heavy (non-hydrogen) atoms. The van der Waals surface area contributed by atoms with E-state index in [0.717, 1.165) is 23.8 Å². The third-order valence-corrected chi connectivity index (χ3v) is 3.87. The minimum absolute atomic E-state index is 0.537. The van der Waals surface area contributed by atoms with E-state index in [1.807, 2.05) is 17.0 Å².